The summed E-state index contributed by atoms with van der Waals surface area (Å²) in [4.78, 5) is 14.6. The molecule has 0 fully saturated rings. The summed E-state index contributed by atoms with van der Waals surface area (Å²) in [5, 5.41) is 16.1. The highest BCUT2D eigenvalue weighted by Crippen LogP contribution is 2.34. The fraction of sp³-hybridized carbons (Fsp3) is 0.160. The zero-order valence-corrected chi connectivity index (χ0v) is 21.8. The van der Waals surface area contributed by atoms with Crippen molar-refractivity contribution in [1.29, 1.82) is 0 Å². The van der Waals surface area contributed by atoms with Crippen LogP contribution in [0.5, 0.6) is 0 Å². The molecule has 5 nitrogen and oxygen atoms in total. The van der Waals surface area contributed by atoms with E-state index in [1.54, 1.807) is 11.8 Å². The summed E-state index contributed by atoms with van der Waals surface area (Å²) in [5.74, 6) is 0.647. The molecule has 3 aromatic carbocycles. The summed E-state index contributed by atoms with van der Waals surface area (Å²) in [6.07, 6.45) is 0. The van der Waals surface area contributed by atoms with Gasteiger partial charge in [-0.25, -0.2) is 0 Å². The van der Waals surface area contributed by atoms with Gasteiger partial charge in [-0.15, -0.1) is 10.2 Å². The first-order chi connectivity index (χ1) is 16.5. The number of rotatable bonds is 9. The van der Waals surface area contributed by atoms with Gasteiger partial charge in [0.2, 0.25) is 11.0 Å². The minimum absolute atomic E-state index is 0.0943. The molecule has 0 unspecified atom stereocenters. The Kier molecular flexibility index (Phi) is 8.50. The first-order valence-corrected chi connectivity index (χ1v) is 13.6. The highest BCUT2D eigenvalue weighted by atomic mass is 35.5. The summed E-state index contributed by atoms with van der Waals surface area (Å²) in [6, 6.07) is 23.7. The number of benzene rings is 3. The third kappa shape index (κ3) is 6.99. The molecule has 0 saturated carbocycles. The lowest BCUT2D eigenvalue weighted by atomic mass is 10.0. The molecular weight excluding hydrogens is 504 g/mol. The van der Waals surface area contributed by atoms with Gasteiger partial charge < -0.3 is 10.6 Å². The minimum atomic E-state index is -0.0943. The van der Waals surface area contributed by atoms with E-state index in [2.05, 4.69) is 46.8 Å². The van der Waals surface area contributed by atoms with Crippen LogP contribution in [0.1, 0.15) is 25.3 Å². The lowest BCUT2D eigenvalue weighted by molar-refractivity contribution is -0.113. The number of amides is 1. The van der Waals surface area contributed by atoms with E-state index in [1.165, 1.54) is 28.7 Å². The van der Waals surface area contributed by atoms with Crippen LogP contribution in [-0.2, 0) is 4.79 Å². The third-order valence-corrected chi connectivity index (χ3v) is 8.07. The second-order valence-electron chi connectivity index (χ2n) is 7.66. The van der Waals surface area contributed by atoms with Crippen LogP contribution in [0.3, 0.4) is 0 Å². The maximum absolute atomic E-state index is 12.6. The van der Waals surface area contributed by atoms with Crippen LogP contribution in [0, 0.1) is 0 Å². The third-order valence-electron chi connectivity index (χ3n) is 4.76. The molecular formula is C25H23ClN4OS3. The van der Waals surface area contributed by atoms with Crippen molar-refractivity contribution in [2.24, 2.45) is 0 Å². The number of carbonyl (C=O) groups is 1. The van der Waals surface area contributed by atoms with Crippen molar-refractivity contribution in [1.82, 2.24) is 10.2 Å². The molecule has 174 valence electrons. The average molecular weight is 527 g/mol. The number of halogens is 1. The Morgan fingerprint density at radius 2 is 1.74 bits per heavy atom. The summed E-state index contributed by atoms with van der Waals surface area (Å²) in [7, 11) is 0. The number of hydrogen-bond donors (Lipinski definition) is 2. The van der Waals surface area contributed by atoms with Crippen molar-refractivity contribution in [3.05, 3.63) is 83.4 Å². The lowest BCUT2D eigenvalue weighted by Crippen LogP contribution is -2.14. The summed E-state index contributed by atoms with van der Waals surface area (Å²) in [5.41, 5.74) is 3.03. The summed E-state index contributed by atoms with van der Waals surface area (Å²) >= 11 is 10.3. The molecule has 4 rings (SSSR count). The van der Waals surface area contributed by atoms with Crippen molar-refractivity contribution in [2.45, 2.75) is 33.9 Å². The number of nitrogens with zero attached hydrogens (tertiary/aromatic N) is 2. The molecule has 0 atom stereocenters. The Hall–Kier alpha value is -2.52. The molecule has 2 N–H and O–H groups in total. The van der Waals surface area contributed by atoms with Crippen LogP contribution in [0.25, 0.3) is 0 Å². The van der Waals surface area contributed by atoms with E-state index < -0.39 is 0 Å². The van der Waals surface area contributed by atoms with Gasteiger partial charge in [0.1, 0.15) is 0 Å². The predicted octanol–water partition coefficient (Wildman–Crippen LogP) is 7.94. The number of hydrogen-bond acceptors (Lipinski definition) is 7. The van der Waals surface area contributed by atoms with Crippen molar-refractivity contribution < 1.29 is 4.79 Å². The Bertz CT molecular complexity index is 1240. The molecule has 34 heavy (non-hydrogen) atoms. The molecule has 0 saturated heterocycles. The van der Waals surface area contributed by atoms with E-state index in [4.69, 9.17) is 11.6 Å². The normalized spacial score (nSPS) is 10.9. The van der Waals surface area contributed by atoms with Gasteiger partial charge in [-0.2, -0.15) is 0 Å². The Balaban J connectivity index is 1.31. The minimum Gasteiger partial charge on any atom is -0.330 e. The van der Waals surface area contributed by atoms with Crippen LogP contribution >= 0.6 is 46.5 Å². The van der Waals surface area contributed by atoms with Gasteiger partial charge in [0.15, 0.2) is 4.34 Å². The van der Waals surface area contributed by atoms with Crippen LogP contribution in [0.15, 0.2) is 86.9 Å². The number of anilines is 3. The fourth-order valence-electron chi connectivity index (χ4n) is 3.00. The van der Waals surface area contributed by atoms with Crippen LogP contribution in [-0.4, -0.2) is 21.9 Å². The van der Waals surface area contributed by atoms with Gasteiger partial charge in [0.25, 0.3) is 0 Å². The van der Waals surface area contributed by atoms with Gasteiger partial charge in [0.05, 0.1) is 11.4 Å². The summed E-state index contributed by atoms with van der Waals surface area (Å²) in [6.45, 7) is 4.34. The molecule has 0 spiro atoms. The van der Waals surface area contributed by atoms with Crippen molar-refractivity contribution in [3.8, 4) is 0 Å². The summed E-state index contributed by atoms with van der Waals surface area (Å²) < 4.78 is 0.736. The van der Waals surface area contributed by atoms with Gasteiger partial charge in [-0.1, -0.05) is 84.6 Å². The van der Waals surface area contributed by atoms with Gasteiger partial charge in [-0.05, 0) is 60.0 Å². The van der Waals surface area contributed by atoms with E-state index >= 15 is 0 Å². The van der Waals surface area contributed by atoms with Crippen molar-refractivity contribution in [2.75, 3.05) is 16.4 Å². The topological polar surface area (TPSA) is 66.9 Å². The van der Waals surface area contributed by atoms with Gasteiger partial charge >= 0.3 is 0 Å². The van der Waals surface area contributed by atoms with Gasteiger partial charge in [-0.3, -0.25) is 4.79 Å². The molecule has 0 aliphatic rings. The molecule has 0 bridgehead atoms. The lowest BCUT2D eigenvalue weighted by Gasteiger charge is -2.10. The highest BCUT2D eigenvalue weighted by molar-refractivity contribution is 8.01. The molecule has 1 aromatic heterocycles. The molecule has 0 aliphatic carbocycles. The Morgan fingerprint density at radius 3 is 2.47 bits per heavy atom. The smallest absolute Gasteiger partial charge is 0.234 e. The number of nitrogens with one attached hydrogen (secondary N) is 2. The number of carbonyl (C=O) groups excluding carboxylic acids is 1. The first kappa shape index (κ1) is 24.6. The number of para-hydroxylation sites is 1. The standard InChI is InChI=1S/C25H23ClN4OS3/c1-16(2)17-7-11-19(12-8-17)27-24-29-30-25(34-24)32-15-23(31)28-21-5-3-4-6-22(21)33-20-13-9-18(26)10-14-20/h3-14,16H,15H2,1-2H3,(H,27,29)(H,28,31). The molecule has 4 aromatic rings. The monoisotopic (exact) mass is 526 g/mol. The van der Waals surface area contributed by atoms with E-state index in [-0.39, 0.29) is 11.7 Å². The second-order valence-corrected chi connectivity index (χ2v) is 11.4. The van der Waals surface area contributed by atoms with E-state index in [0.717, 1.165) is 25.5 Å². The predicted molar refractivity (Wildman–Crippen MR) is 145 cm³/mol. The fourth-order valence-corrected chi connectivity index (χ4v) is 5.60. The molecule has 1 heterocycles. The number of aromatic nitrogens is 2. The first-order valence-electron chi connectivity index (χ1n) is 10.6. The van der Waals surface area contributed by atoms with Crippen LogP contribution < -0.4 is 10.6 Å². The maximum atomic E-state index is 12.6. The van der Waals surface area contributed by atoms with E-state index in [9.17, 15) is 4.79 Å². The zero-order chi connectivity index (χ0) is 23.9. The molecule has 0 radical (unpaired) electrons. The van der Waals surface area contributed by atoms with Gasteiger partial charge in [0, 0.05) is 20.5 Å². The molecule has 1 amide bonds. The maximum Gasteiger partial charge on any atom is 0.234 e. The molecule has 9 heteroatoms. The van der Waals surface area contributed by atoms with Crippen LogP contribution in [0.4, 0.5) is 16.5 Å². The Labute approximate surface area is 216 Å². The zero-order valence-electron chi connectivity index (χ0n) is 18.6. The number of thioether (sulfide) groups is 1. The Morgan fingerprint density at radius 1 is 1.00 bits per heavy atom. The second kappa shape index (κ2) is 11.8. The van der Waals surface area contributed by atoms with Crippen molar-refractivity contribution >= 4 is 68.9 Å². The quantitative estimate of drug-likeness (QED) is 0.216. The van der Waals surface area contributed by atoms with E-state index in [1.807, 2.05) is 60.7 Å². The molecule has 0 aliphatic heterocycles. The largest absolute Gasteiger partial charge is 0.330 e. The highest BCUT2D eigenvalue weighted by Gasteiger charge is 2.11. The SMILES string of the molecule is CC(C)c1ccc(Nc2nnc(SCC(=O)Nc3ccccc3Sc3ccc(Cl)cc3)s2)cc1. The van der Waals surface area contributed by atoms with Crippen molar-refractivity contribution in [3.63, 3.8) is 0 Å². The van der Waals surface area contributed by atoms with E-state index in [0.29, 0.717) is 16.1 Å². The van der Waals surface area contributed by atoms with Crippen LogP contribution in [0.2, 0.25) is 5.02 Å². The average Bonchev–Trinajstić information content (AvgIpc) is 3.28.